The Labute approximate surface area is 133 Å². The van der Waals surface area contributed by atoms with Gasteiger partial charge < -0.3 is 10.0 Å². The van der Waals surface area contributed by atoms with Gasteiger partial charge in [0.15, 0.2) is 5.69 Å². The average molecular weight is 311 g/mol. The molecule has 1 aromatic heterocycles. The average Bonchev–Trinajstić information content (AvgIpc) is 3.04. The molecule has 2 heterocycles. The van der Waals surface area contributed by atoms with Gasteiger partial charge in [-0.05, 0) is 24.5 Å². The van der Waals surface area contributed by atoms with Crippen molar-refractivity contribution in [3.05, 3.63) is 59.2 Å². The number of rotatable bonds is 3. The fourth-order valence-corrected chi connectivity index (χ4v) is 2.95. The second-order valence-electron chi connectivity index (χ2n) is 5.69. The maximum absolute atomic E-state index is 12.5. The van der Waals surface area contributed by atoms with Crippen LogP contribution >= 0.6 is 0 Å². The first kappa shape index (κ1) is 15.1. The van der Waals surface area contributed by atoms with Crippen LogP contribution in [0.15, 0.2) is 36.7 Å². The number of aromatic carboxylic acids is 1. The number of aryl methyl sites for hydroxylation is 1. The summed E-state index contributed by atoms with van der Waals surface area (Å²) in [6.07, 6.45) is 3.26. The van der Waals surface area contributed by atoms with Crippen LogP contribution in [0.25, 0.3) is 0 Å². The Balaban J connectivity index is 1.72. The molecular weight excluding hydrogens is 294 g/mol. The van der Waals surface area contributed by atoms with Gasteiger partial charge in [-0.15, -0.1) is 0 Å². The summed E-state index contributed by atoms with van der Waals surface area (Å²) in [4.78, 5) is 32.7. The molecule has 0 radical (unpaired) electrons. The van der Waals surface area contributed by atoms with Crippen molar-refractivity contribution in [2.24, 2.45) is 0 Å². The maximum atomic E-state index is 12.5. The highest BCUT2D eigenvalue weighted by Gasteiger charge is 2.29. The fraction of sp³-hybridized carbons (Fsp3) is 0.294. The first-order valence-corrected chi connectivity index (χ1v) is 7.46. The third-order valence-corrected chi connectivity index (χ3v) is 4.19. The number of carboxylic acid groups (broad SMARTS) is 1. The molecule has 1 aliphatic rings. The molecular formula is C17H17N3O3. The molecule has 1 N–H and O–H groups in total. The van der Waals surface area contributed by atoms with Crippen molar-refractivity contribution in [2.45, 2.75) is 19.3 Å². The van der Waals surface area contributed by atoms with Crippen LogP contribution < -0.4 is 0 Å². The highest BCUT2D eigenvalue weighted by Crippen LogP contribution is 2.29. The predicted octanol–water partition coefficient (Wildman–Crippen LogP) is 2.11. The van der Waals surface area contributed by atoms with Gasteiger partial charge in [-0.2, -0.15) is 0 Å². The van der Waals surface area contributed by atoms with Crippen LogP contribution in [0.3, 0.4) is 0 Å². The van der Waals surface area contributed by atoms with Crippen molar-refractivity contribution in [1.29, 1.82) is 0 Å². The molecule has 118 valence electrons. The Kier molecular flexibility index (Phi) is 4.06. The monoisotopic (exact) mass is 311 g/mol. The Bertz CT molecular complexity index is 743. The lowest BCUT2D eigenvalue weighted by Gasteiger charge is -2.17. The maximum Gasteiger partial charge on any atom is 0.356 e. The van der Waals surface area contributed by atoms with Crippen LogP contribution in [-0.4, -0.2) is 44.9 Å². The quantitative estimate of drug-likeness (QED) is 0.938. The third-order valence-electron chi connectivity index (χ3n) is 4.19. The molecule has 0 spiro atoms. The molecule has 23 heavy (non-hydrogen) atoms. The van der Waals surface area contributed by atoms with E-state index in [2.05, 4.69) is 29.0 Å². The van der Waals surface area contributed by atoms with Crippen LogP contribution in [-0.2, 0) is 0 Å². The highest BCUT2D eigenvalue weighted by atomic mass is 16.4. The second kappa shape index (κ2) is 6.16. The van der Waals surface area contributed by atoms with E-state index in [1.54, 1.807) is 4.90 Å². The van der Waals surface area contributed by atoms with E-state index in [0.29, 0.717) is 19.0 Å². The van der Waals surface area contributed by atoms with Crippen molar-refractivity contribution >= 4 is 11.9 Å². The zero-order valence-electron chi connectivity index (χ0n) is 12.8. The minimum Gasteiger partial charge on any atom is -0.476 e. The highest BCUT2D eigenvalue weighted by molar-refractivity contribution is 5.93. The summed E-state index contributed by atoms with van der Waals surface area (Å²) in [5.41, 5.74) is 2.52. The number of carbonyl (C=O) groups is 2. The number of hydrogen-bond donors (Lipinski definition) is 1. The molecule has 1 fully saturated rings. The zero-order chi connectivity index (χ0) is 16.4. The van der Waals surface area contributed by atoms with E-state index in [1.807, 2.05) is 12.1 Å². The number of nitrogens with zero attached hydrogens (tertiary/aromatic N) is 3. The van der Waals surface area contributed by atoms with Crippen LogP contribution in [0, 0.1) is 6.92 Å². The first-order valence-electron chi connectivity index (χ1n) is 7.46. The summed E-state index contributed by atoms with van der Waals surface area (Å²) < 4.78 is 0. The zero-order valence-corrected chi connectivity index (χ0v) is 12.8. The number of hydrogen-bond acceptors (Lipinski definition) is 4. The summed E-state index contributed by atoms with van der Waals surface area (Å²) in [5, 5.41) is 8.81. The van der Waals surface area contributed by atoms with E-state index in [9.17, 15) is 9.59 Å². The van der Waals surface area contributed by atoms with E-state index in [1.165, 1.54) is 17.3 Å². The Morgan fingerprint density at radius 1 is 1.17 bits per heavy atom. The van der Waals surface area contributed by atoms with E-state index in [-0.39, 0.29) is 17.3 Å². The van der Waals surface area contributed by atoms with Gasteiger partial charge in [0.2, 0.25) is 0 Å². The minimum atomic E-state index is -1.16. The molecule has 1 unspecified atom stereocenters. The molecule has 1 amide bonds. The van der Waals surface area contributed by atoms with E-state index >= 15 is 0 Å². The largest absolute Gasteiger partial charge is 0.476 e. The summed E-state index contributed by atoms with van der Waals surface area (Å²) in [6, 6.07) is 8.21. The molecule has 6 nitrogen and oxygen atoms in total. The molecule has 1 aromatic carbocycles. The Hall–Kier alpha value is -2.76. The van der Waals surface area contributed by atoms with Crippen molar-refractivity contribution in [3.63, 3.8) is 0 Å². The van der Waals surface area contributed by atoms with Crippen LogP contribution in [0.5, 0.6) is 0 Å². The van der Waals surface area contributed by atoms with Gasteiger partial charge in [-0.1, -0.05) is 24.3 Å². The van der Waals surface area contributed by atoms with Crippen molar-refractivity contribution < 1.29 is 14.7 Å². The van der Waals surface area contributed by atoms with Gasteiger partial charge in [0.25, 0.3) is 5.91 Å². The summed E-state index contributed by atoms with van der Waals surface area (Å²) in [5.74, 6) is -1.03. The number of benzene rings is 1. The predicted molar refractivity (Wildman–Crippen MR) is 83.4 cm³/mol. The normalized spacial score (nSPS) is 17.3. The van der Waals surface area contributed by atoms with Gasteiger partial charge in [0, 0.05) is 19.0 Å². The van der Waals surface area contributed by atoms with Crippen molar-refractivity contribution in [1.82, 2.24) is 14.9 Å². The van der Waals surface area contributed by atoms with Crippen LogP contribution in [0.2, 0.25) is 0 Å². The molecule has 1 aliphatic heterocycles. The first-order chi connectivity index (χ1) is 11.1. The van der Waals surface area contributed by atoms with Crippen LogP contribution in [0.1, 0.15) is 44.4 Å². The van der Waals surface area contributed by atoms with E-state index in [0.717, 1.165) is 12.6 Å². The lowest BCUT2D eigenvalue weighted by Crippen LogP contribution is -2.29. The van der Waals surface area contributed by atoms with Gasteiger partial charge in [0.05, 0.1) is 12.4 Å². The third kappa shape index (κ3) is 3.06. The van der Waals surface area contributed by atoms with E-state index < -0.39 is 5.97 Å². The lowest BCUT2D eigenvalue weighted by atomic mass is 9.94. The number of amides is 1. The number of aromatic nitrogens is 2. The summed E-state index contributed by atoms with van der Waals surface area (Å²) >= 11 is 0. The molecule has 2 aromatic rings. The van der Waals surface area contributed by atoms with Crippen LogP contribution in [0.4, 0.5) is 0 Å². The molecule has 0 bridgehead atoms. The van der Waals surface area contributed by atoms with Gasteiger partial charge >= 0.3 is 5.97 Å². The Morgan fingerprint density at radius 2 is 1.87 bits per heavy atom. The standard InChI is InChI=1S/C17H17N3O3/c1-11-4-2-3-5-13(11)12-6-7-20(10-12)16(21)14-8-19-15(9-18-14)17(22)23/h2-5,8-9,12H,6-7,10H2,1H3,(H,22,23). The summed E-state index contributed by atoms with van der Waals surface area (Å²) in [6.45, 7) is 3.39. The topological polar surface area (TPSA) is 83.4 Å². The SMILES string of the molecule is Cc1ccccc1C1CCN(C(=O)c2cnc(C(=O)O)cn2)C1. The molecule has 0 aliphatic carbocycles. The minimum absolute atomic E-state index is 0.166. The van der Waals surface area contributed by atoms with Gasteiger partial charge in [-0.25, -0.2) is 14.8 Å². The van der Waals surface area contributed by atoms with Gasteiger partial charge in [-0.3, -0.25) is 4.79 Å². The van der Waals surface area contributed by atoms with Gasteiger partial charge in [0.1, 0.15) is 5.69 Å². The molecule has 1 saturated heterocycles. The molecule has 6 heteroatoms. The van der Waals surface area contributed by atoms with Crippen molar-refractivity contribution in [2.75, 3.05) is 13.1 Å². The summed E-state index contributed by atoms with van der Waals surface area (Å²) in [7, 11) is 0. The lowest BCUT2D eigenvalue weighted by molar-refractivity contribution is 0.0687. The fourth-order valence-electron chi connectivity index (χ4n) is 2.95. The smallest absolute Gasteiger partial charge is 0.356 e. The Morgan fingerprint density at radius 3 is 2.52 bits per heavy atom. The number of carboxylic acids is 1. The molecule has 3 rings (SSSR count). The second-order valence-corrected chi connectivity index (χ2v) is 5.69. The number of likely N-dealkylation sites (tertiary alicyclic amines) is 1. The van der Waals surface area contributed by atoms with Crippen molar-refractivity contribution in [3.8, 4) is 0 Å². The number of carbonyl (C=O) groups excluding carboxylic acids is 1. The van der Waals surface area contributed by atoms with E-state index in [4.69, 9.17) is 5.11 Å². The molecule has 0 saturated carbocycles. The molecule has 1 atom stereocenters.